The molecular weight excluding hydrogens is 218 g/mol. The molecule has 0 radical (unpaired) electrons. The van der Waals surface area contributed by atoms with E-state index in [0.29, 0.717) is 12.0 Å². The third kappa shape index (κ3) is 3.06. The van der Waals surface area contributed by atoms with Crippen LogP contribution in [0.1, 0.15) is 23.2 Å². The number of rotatable bonds is 5. The van der Waals surface area contributed by atoms with Gasteiger partial charge in [-0.05, 0) is 24.3 Å². The maximum Gasteiger partial charge on any atom is 0.223 e. The van der Waals surface area contributed by atoms with E-state index in [1.54, 1.807) is 36.3 Å². The summed E-state index contributed by atoms with van der Waals surface area (Å²) in [6, 6.07) is 6.95. The molecular formula is C13H15NO3. The molecule has 0 spiro atoms. The van der Waals surface area contributed by atoms with Gasteiger partial charge in [-0.1, -0.05) is 0 Å². The fourth-order valence-corrected chi connectivity index (χ4v) is 1.60. The van der Waals surface area contributed by atoms with Gasteiger partial charge in [0.25, 0.3) is 0 Å². The molecule has 0 aromatic heterocycles. The molecule has 1 heterocycles. The van der Waals surface area contributed by atoms with Crippen molar-refractivity contribution in [2.45, 2.75) is 12.8 Å². The minimum atomic E-state index is 0.00264. The Labute approximate surface area is 100 Å². The summed E-state index contributed by atoms with van der Waals surface area (Å²) in [5.41, 5.74) is 0.629. The third-order valence-corrected chi connectivity index (χ3v) is 2.78. The lowest BCUT2D eigenvalue weighted by atomic mass is 10.1. The Balaban J connectivity index is 1.87. The van der Waals surface area contributed by atoms with Crippen LogP contribution in [0.5, 0.6) is 5.75 Å². The van der Waals surface area contributed by atoms with Crippen LogP contribution in [-0.2, 0) is 4.79 Å². The highest BCUT2D eigenvalue weighted by atomic mass is 16.5. The molecule has 1 aromatic carbocycles. The van der Waals surface area contributed by atoms with Gasteiger partial charge in [0.1, 0.15) is 5.75 Å². The zero-order valence-electron chi connectivity index (χ0n) is 9.81. The van der Waals surface area contributed by atoms with E-state index in [0.717, 1.165) is 18.8 Å². The van der Waals surface area contributed by atoms with Gasteiger partial charge in [-0.25, -0.2) is 0 Å². The van der Waals surface area contributed by atoms with Gasteiger partial charge >= 0.3 is 0 Å². The largest absolute Gasteiger partial charge is 0.497 e. The number of ketones is 1. The molecule has 0 saturated carbocycles. The molecule has 0 N–H and O–H groups in total. The Kier molecular flexibility index (Phi) is 3.42. The zero-order chi connectivity index (χ0) is 12.3. The first-order chi connectivity index (χ1) is 8.20. The molecule has 0 bridgehead atoms. The number of hydrogen-bond donors (Lipinski definition) is 0. The Morgan fingerprint density at radius 1 is 1.18 bits per heavy atom. The van der Waals surface area contributed by atoms with Crippen molar-refractivity contribution in [1.82, 2.24) is 4.90 Å². The minimum Gasteiger partial charge on any atom is -0.497 e. The molecule has 1 aliphatic rings. The molecule has 4 nitrogen and oxygen atoms in total. The summed E-state index contributed by atoms with van der Waals surface area (Å²) in [7, 11) is 1.58. The standard InChI is InChI=1S/C13H15NO3/c1-17-11-4-2-10(3-5-11)12(15)6-7-13(16)14-8-9-14/h2-5H,6-9H2,1H3. The zero-order valence-corrected chi connectivity index (χ0v) is 9.81. The molecule has 17 heavy (non-hydrogen) atoms. The smallest absolute Gasteiger partial charge is 0.223 e. The lowest BCUT2D eigenvalue weighted by molar-refractivity contribution is -0.125. The van der Waals surface area contributed by atoms with Crippen molar-refractivity contribution < 1.29 is 14.3 Å². The van der Waals surface area contributed by atoms with Crippen molar-refractivity contribution in [2.24, 2.45) is 0 Å². The number of carbonyl (C=O) groups is 2. The topological polar surface area (TPSA) is 46.4 Å². The van der Waals surface area contributed by atoms with Crippen LogP contribution >= 0.6 is 0 Å². The van der Waals surface area contributed by atoms with E-state index in [1.807, 2.05) is 0 Å². The highest BCUT2D eigenvalue weighted by Crippen LogP contribution is 2.14. The lowest BCUT2D eigenvalue weighted by Gasteiger charge is -2.03. The van der Waals surface area contributed by atoms with Gasteiger partial charge in [-0.3, -0.25) is 9.59 Å². The number of hydrogen-bond acceptors (Lipinski definition) is 3. The highest BCUT2D eigenvalue weighted by molar-refractivity contribution is 5.98. The van der Waals surface area contributed by atoms with Crippen molar-refractivity contribution >= 4 is 11.7 Å². The minimum absolute atomic E-state index is 0.00264. The van der Waals surface area contributed by atoms with Crippen LogP contribution in [0.15, 0.2) is 24.3 Å². The SMILES string of the molecule is COc1ccc(C(=O)CCC(=O)N2CC2)cc1. The Hall–Kier alpha value is -1.84. The van der Waals surface area contributed by atoms with Crippen LogP contribution in [0, 0.1) is 0 Å². The maximum atomic E-state index is 11.8. The summed E-state index contributed by atoms with van der Waals surface area (Å²) in [4.78, 5) is 24.9. The molecule has 1 fully saturated rings. The summed E-state index contributed by atoms with van der Waals surface area (Å²) in [6.07, 6.45) is 0.590. The van der Waals surface area contributed by atoms with E-state index in [9.17, 15) is 9.59 Å². The molecule has 0 atom stereocenters. The van der Waals surface area contributed by atoms with Gasteiger partial charge in [0, 0.05) is 31.5 Å². The first-order valence-electron chi connectivity index (χ1n) is 5.66. The number of benzene rings is 1. The number of carbonyl (C=O) groups excluding carboxylic acids is 2. The van der Waals surface area contributed by atoms with Gasteiger partial charge < -0.3 is 9.64 Å². The van der Waals surface area contributed by atoms with E-state index >= 15 is 0 Å². The van der Waals surface area contributed by atoms with Gasteiger partial charge in [0.15, 0.2) is 5.78 Å². The van der Waals surface area contributed by atoms with E-state index < -0.39 is 0 Å². The summed E-state index contributed by atoms with van der Waals surface area (Å²) in [6.45, 7) is 1.69. The lowest BCUT2D eigenvalue weighted by Crippen LogP contribution is -2.12. The fraction of sp³-hybridized carbons (Fsp3) is 0.385. The second-order valence-corrected chi connectivity index (χ2v) is 4.03. The van der Waals surface area contributed by atoms with Crippen LogP contribution in [0.25, 0.3) is 0 Å². The van der Waals surface area contributed by atoms with E-state index in [4.69, 9.17) is 4.74 Å². The molecule has 2 rings (SSSR count). The average molecular weight is 233 g/mol. The van der Waals surface area contributed by atoms with E-state index in [-0.39, 0.29) is 18.1 Å². The van der Waals surface area contributed by atoms with Crippen LogP contribution in [0.4, 0.5) is 0 Å². The van der Waals surface area contributed by atoms with Gasteiger partial charge in [0.2, 0.25) is 5.91 Å². The number of nitrogens with zero attached hydrogens (tertiary/aromatic N) is 1. The predicted molar refractivity (Wildman–Crippen MR) is 63.1 cm³/mol. The summed E-state index contributed by atoms with van der Waals surface area (Å²) in [5.74, 6) is 0.802. The van der Waals surface area contributed by atoms with E-state index in [1.165, 1.54) is 0 Å². The van der Waals surface area contributed by atoms with Crippen molar-refractivity contribution in [3.8, 4) is 5.75 Å². The monoisotopic (exact) mass is 233 g/mol. The predicted octanol–water partition coefficient (Wildman–Crippen LogP) is 1.50. The maximum absolute atomic E-state index is 11.8. The normalized spacial score (nSPS) is 13.4. The number of methoxy groups -OCH3 is 1. The average Bonchev–Trinajstić information content (AvgIpc) is 3.20. The molecule has 1 aliphatic heterocycles. The van der Waals surface area contributed by atoms with Gasteiger partial charge in [-0.15, -0.1) is 0 Å². The molecule has 1 saturated heterocycles. The molecule has 4 heteroatoms. The fourth-order valence-electron chi connectivity index (χ4n) is 1.60. The number of ether oxygens (including phenoxy) is 1. The Bertz CT molecular complexity index is 421. The number of Topliss-reactive ketones (excluding diaryl/α,β-unsaturated/α-hetero) is 1. The second-order valence-electron chi connectivity index (χ2n) is 4.03. The van der Waals surface area contributed by atoms with Crippen LogP contribution in [0.2, 0.25) is 0 Å². The van der Waals surface area contributed by atoms with Crippen molar-refractivity contribution in [1.29, 1.82) is 0 Å². The van der Waals surface area contributed by atoms with Gasteiger partial charge in [0.05, 0.1) is 7.11 Å². The quantitative estimate of drug-likeness (QED) is 0.572. The summed E-state index contributed by atoms with van der Waals surface area (Å²) >= 11 is 0. The Morgan fingerprint density at radius 2 is 1.82 bits per heavy atom. The molecule has 0 aliphatic carbocycles. The summed E-state index contributed by atoms with van der Waals surface area (Å²) in [5, 5.41) is 0. The van der Waals surface area contributed by atoms with Crippen LogP contribution in [0.3, 0.4) is 0 Å². The van der Waals surface area contributed by atoms with E-state index in [2.05, 4.69) is 0 Å². The molecule has 1 aromatic rings. The molecule has 1 amide bonds. The van der Waals surface area contributed by atoms with Crippen molar-refractivity contribution in [3.05, 3.63) is 29.8 Å². The second kappa shape index (κ2) is 4.99. The first-order valence-corrected chi connectivity index (χ1v) is 5.66. The number of amides is 1. The summed E-state index contributed by atoms with van der Waals surface area (Å²) < 4.78 is 5.01. The Morgan fingerprint density at radius 3 is 2.35 bits per heavy atom. The van der Waals surface area contributed by atoms with Crippen molar-refractivity contribution in [2.75, 3.05) is 20.2 Å². The molecule has 0 unspecified atom stereocenters. The first kappa shape index (κ1) is 11.6. The third-order valence-electron chi connectivity index (χ3n) is 2.78. The molecule has 90 valence electrons. The van der Waals surface area contributed by atoms with Crippen LogP contribution in [-0.4, -0.2) is 36.8 Å². The highest BCUT2D eigenvalue weighted by Gasteiger charge is 2.24. The van der Waals surface area contributed by atoms with Crippen LogP contribution < -0.4 is 4.74 Å². The van der Waals surface area contributed by atoms with Crippen molar-refractivity contribution in [3.63, 3.8) is 0 Å². The van der Waals surface area contributed by atoms with Gasteiger partial charge in [-0.2, -0.15) is 0 Å².